The molecule has 0 spiro atoms. The third-order valence-electron chi connectivity index (χ3n) is 6.84. The van der Waals surface area contributed by atoms with Gasteiger partial charge in [0.2, 0.25) is 11.8 Å². The molecule has 2 saturated heterocycles. The van der Waals surface area contributed by atoms with Crippen LogP contribution in [0.2, 0.25) is 0 Å². The fraction of sp³-hybridized carbons (Fsp3) is 0.444. The molecular formula is C27H33N3O3. The molecule has 2 aromatic carbocycles. The van der Waals surface area contributed by atoms with E-state index in [9.17, 15) is 14.4 Å². The van der Waals surface area contributed by atoms with Gasteiger partial charge in [-0.15, -0.1) is 0 Å². The van der Waals surface area contributed by atoms with Crippen LogP contribution in [0.5, 0.6) is 0 Å². The summed E-state index contributed by atoms with van der Waals surface area (Å²) >= 11 is 0. The predicted octanol–water partition coefficient (Wildman–Crippen LogP) is 3.72. The summed E-state index contributed by atoms with van der Waals surface area (Å²) in [5, 5.41) is 2.99. The first kappa shape index (κ1) is 23.0. The van der Waals surface area contributed by atoms with Crippen LogP contribution in [0.3, 0.4) is 0 Å². The Hall–Kier alpha value is -3.15. The molecule has 0 saturated carbocycles. The molecule has 0 radical (unpaired) electrons. The molecule has 0 aliphatic carbocycles. The van der Waals surface area contributed by atoms with Crippen LogP contribution in [0.4, 0.5) is 0 Å². The minimum absolute atomic E-state index is 0.000146. The Morgan fingerprint density at radius 1 is 0.970 bits per heavy atom. The Kier molecular flexibility index (Phi) is 7.11. The standard InChI is InChI=1S/C27H33N3O3/c1-19(2)21-8-10-22(11-9-21)27(33)29-16-14-23(15-17-29)30-24(12-13-25(30)31)26(32)28-18-20-6-4-3-5-7-20/h3-11,19,23-24H,12-18H2,1-2H3,(H,28,32). The van der Waals surface area contributed by atoms with Crippen LogP contribution in [-0.4, -0.2) is 52.7 Å². The Balaban J connectivity index is 1.34. The second-order valence-electron chi connectivity index (χ2n) is 9.36. The van der Waals surface area contributed by atoms with Gasteiger partial charge in [-0.05, 0) is 48.4 Å². The van der Waals surface area contributed by atoms with E-state index in [4.69, 9.17) is 0 Å². The molecule has 2 fully saturated rings. The zero-order chi connectivity index (χ0) is 23.4. The average Bonchev–Trinajstić information content (AvgIpc) is 3.24. The minimum atomic E-state index is -0.419. The van der Waals surface area contributed by atoms with Gasteiger partial charge in [-0.1, -0.05) is 56.3 Å². The normalized spacial score (nSPS) is 19.2. The number of likely N-dealkylation sites (tertiary alicyclic amines) is 2. The van der Waals surface area contributed by atoms with Crippen molar-refractivity contribution in [2.24, 2.45) is 0 Å². The van der Waals surface area contributed by atoms with Crippen LogP contribution in [0, 0.1) is 0 Å². The topological polar surface area (TPSA) is 69.7 Å². The highest BCUT2D eigenvalue weighted by atomic mass is 16.2. The molecule has 6 nitrogen and oxygen atoms in total. The maximum atomic E-state index is 12.9. The first-order valence-corrected chi connectivity index (χ1v) is 12.0. The Bertz CT molecular complexity index is 979. The third kappa shape index (κ3) is 5.27. The second-order valence-corrected chi connectivity index (χ2v) is 9.36. The third-order valence-corrected chi connectivity index (χ3v) is 6.84. The number of hydrogen-bond donors (Lipinski definition) is 1. The lowest BCUT2D eigenvalue weighted by molar-refractivity contribution is -0.138. The molecule has 1 unspecified atom stereocenters. The van der Waals surface area contributed by atoms with Crippen molar-refractivity contribution in [2.75, 3.05) is 13.1 Å². The van der Waals surface area contributed by atoms with Crippen LogP contribution >= 0.6 is 0 Å². The molecule has 6 heteroatoms. The molecule has 2 aliphatic rings. The Morgan fingerprint density at radius 2 is 1.64 bits per heavy atom. The summed E-state index contributed by atoms with van der Waals surface area (Å²) in [5.41, 5.74) is 2.96. The van der Waals surface area contributed by atoms with Crippen LogP contribution in [0.15, 0.2) is 54.6 Å². The molecule has 174 valence electrons. The zero-order valence-electron chi connectivity index (χ0n) is 19.5. The van der Waals surface area contributed by atoms with E-state index in [1.807, 2.05) is 59.5 Å². The molecule has 2 aromatic rings. The summed E-state index contributed by atoms with van der Waals surface area (Å²) in [4.78, 5) is 42.1. The lowest BCUT2D eigenvalue weighted by Crippen LogP contribution is -2.53. The van der Waals surface area contributed by atoms with E-state index in [1.165, 1.54) is 5.56 Å². The number of nitrogens with zero attached hydrogens (tertiary/aromatic N) is 2. The predicted molar refractivity (Wildman–Crippen MR) is 128 cm³/mol. The summed E-state index contributed by atoms with van der Waals surface area (Å²) in [5.74, 6) is 0.423. The van der Waals surface area contributed by atoms with Gasteiger partial charge in [-0.2, -0.15) is 0 Å². The number of rotatable bonds is 6. The summed E-state index contributed by atoms with van der Waals surface area (Å²) in [7, 11) is 0. The average molecular weight is 448 g/mol. The van der Waals surface area contributed by atoms with Gasteiger partial charge in [-0.25, -0.2) is 0 Å². The highest BCUT2D eigenvalue weighted by Crippen LogP contribution is 2.28. The minimum Gasteiger partial charge on any atom is -0.350 e. The van der Waals surface area contributed by atoms with Crippen LogP contribution < -0.4 is 5.32 Å². The van der Waals surface area contributed by atoms with Crippen molar-refractivity contribution < 1.29 is 14.4 Å². The van der Waals surface area contributed by atoms with E-state index in [0.29, 0.717) is 56.8 Å². The number of nitrogens with one attached hydrogen (secondary N) is 1. The zero-order valence-corrected chi connectivity index (χ0v) is 19.5. The molecule has 3 amide bonds. The van der Waals surface area contributed by atoms with Crippen LogP contribution in [0.1, 0.15) is 66.9 Å². The first-order chi connectivity index (χ1) is 15.9. The molecular weight excluding hydrogens is 414 g/mol. The van der Waals surface area contributed by atoms with Gasteiger partial charge in [0.25, 0.3) is 5.91 Å². The fourth-order valence-electron chi connectivity index (χ4n) is 4.86. The quantitative estimate of drug-likeness (QED) is 0.734. The number of carbonyl (C=O) groups excluding carboxylic acids is 3. The van der Waals surface area contributed by atoms with Gasteiger partial charge >= 0.3 is 0 Å². The van der Waals surface area contributed by atoms with Gasteiger partial charge in [0.05, 0.1) is 0 Å². The van der Waals surface area contributed by atoms with Gasteiger partial charge < -0.3 is 15.1 Å². The van der Waals surface area contributed by atoms with Gasteiger partial charge in [0.1, 0.15) is 6.04 Å². The maximum Gasteiger partial charge on any atom is 0.253 e. The van der Waals surface area contributed by atoms with Crippen molar-refractivity contribution in [3.63, 3.8) is 0 Å². The highest BCUT2D eigenvalue weighted by Gasteiger charge is 2.41. The SMILES string of the molecule is CC(C)c1ccc(C(=O)N2CCC(N3C(=O)CCC3C(=O)NCc3ccccc3)CC2)cc1. The lowest BCUT2D eigenvalue weighted by atomic mass is 9.99. The van der Waals surface area contributed by atoms with Gasteiger partial charge in [-0.3, -0.25) is 14.4 Å². The molecule has 0 bridgehead atoms. The first-order valence-electron chi connectivity index (χ1n) is 12.0. The summed E-state index contributed by atoms with van der Waals surface area (Å²) in [6, 6.07) is 17.2. The van der Waals surface area contributed by atoms with Crippen LogP contribution in [-0.2, 0) is 16.1 Å². The number of benzene rings is 2. The number of amides is 3. The smallest absolute Gasteiger partial charge is 0.253 e. The van der Waals surface area contributed by atoms with Crippen molar-refractivity contribution in [2.45, 2.75) is 64.1 Å². The maximum absolute atomic E-state index is 12.9. The summed E-state index contributed by atoms with van der Waals surface area (Å²) in [6.45, 7) is 5.92. The van der Waals surface area contributed by atoms with Crippen molar-refractivity contribution >= 4 is 17.7 Å². The van der Waals surface area contributed by atoms with E-state index >= 15 is 0 Å². The molecule has 2 aliphatic heterocycles. The van der Waals surface area contributed by atoms with Crippen LogP contribution in [0.25, 0.3) is 0 Å². The Labute approximate surface area is 196 Å². The van der Waals surface area contributed by atoms with Crippen molar-refractivity contribution in [1.29, 1.82) is 0 Å². The van der Waals surface area contributed by atoms with E-state index in [1.54, 1.807) is 4.90 Å². The van der Waals surface area contributed by atoms with Crippen molar-refractivity contribution in [3.05, 3.63) is 71.3 Å². The van der Waals surface area contributed by atoms with Gasteiger partial charge in [0.15, 0.2) is 0 Å². The summed E-state index contributed by atoms with van der Waals surface area (Å²) < 4.78 is 0. The molecule has 0 aromatic heterocycles. The monoisotopic (exact) mass is 447 g/mol. The van der Waals surface area contributed by atoms with E-state index in [0.717, 1.165) is 5.56 Å². The summed E-state index contributed by atoms with van der Waals surface area (Å²) in [6.07, 6.45) is 2.36. The van der Waals surface area contributed by atoms with E-state index in [-0.39, 0.29) is 23.8 Å². The lowest BCUT2D eigenvalue weighted by Gasteiger charge is -2.39. The number of hydrogen-bond acceptors (Lipinski definition) is 3. The molecule has 2 heterocycles. The molecule has 33 heavy (non-hydrogen) atoms. The Morgan fingerprint density at radius 3 is 2.27 bits per heavy atom. The molecule has 1 atom stereocenters. The highest BCUT2D eigenvalue weighted by molar-refractivity contribution is 5.94. The largest absolute Gasteiger partial charge is 0.350 e. The van der Waals surface area contributed by atoms with E-state index in [2.05, 4.69) is 19.2 Å². The second kappa shape index (κ2) is 10.2. The molecule has 1 N–H and O–H groups in total. The number of carbonyl (C=O) groups is 3. The van der Waals surface area contributed by atoms with Crippen molar-refractivity contribution in [1.82, 2.24) is 15.1 Å². The van der Waals surface area contributed by atoms with Gasteiger partial charge in [0, 0.05) is 37.7 Å². The van der Waals surface area contributed by atoms with Crippen molar-refractivity contribution in [3.8, 4) is 0 Å². The fourth-order valence-corrected chi connectivity index (χ4v) is 4.86. The number of piperidine rings is 1. The van der Waals surface area contributed by atoms with E-state index < -0.39 is 6.04 Å². The molecule has 4 rings (SSSR count).